The van der Waals surface area contributed by atoms with Crippen LogP contribution in [0.15, 0.2) is 0 Å². The summed E-state index contributed by atoms with van der Waals surface area (Å²) in [5, 5.41) is 9.75. The Morgan fingerprint density at radius 1 is 1.22 bits per heavy atom. The van der Waals surface area contributed by atoms with Crippen molar-refractivity contribution in [1.29, 1.82) is 0 Å². The summed E-state index contributed by atoms with van der Waals surface area (Å²) >= 11 is 0. The number of rotatable bonds is 7. The maximum atomic E-state index is 12.2. The molecule has 2 atom stereocenters. The fourth-order valence-corrected chi connectivity index (χ4v) is 3.60. The first kappa shape index (κ1) is 15.9. The highest BCUT2D eigenvalue weighted by atomic mass is 32.2. The molecule has 0 radical (unpaired) electrons. The topological polar surface area (TPSA) is 60.9 Å². The molecule has 0 bridgehead atoms. The van der Waals surface area contributed by atoms with Gasteiger partial charge in [-0.1, -0.05) is 19.8 Å². The van der Waals surface area contributed by atoms with Gasteiger partial charge in [-0.3, -0.25) is 0 Å². The van der Waals surface area contributed by atoms with Gasteiger partial charge in [0.1, 0.15) is 0 Å². The van der Waals surface area contributed by atoms with Crippen LogP contribution < -0.4 is 0 Å². The van der Waals surface area contributed by atoms with Crippen molar-refractivity contribution in [1.82, 2.24) is 8.61 Å². The SMILES string of the molecule is CCCCN(C)S(=O)(=O)N(C)CC1CCCC1O. The Hall–Kier alpha value is -0.170. The third-order valence-electron chi connectivity index (χ3n) is 3.72. The van der Waals surface area contributed by atoms with Crippen LogP contribution in [0.3, 0.4) is 0 Å². The molecule has 0 aromatic carbocycles. The molecule has 18 heavy (non-hydrogen) atoms. The quantitative estimate of drug-likeness (QED) is 0.757. The second-order valence-electron chi connectivity index (χ2n) is 5.22. The predicted octanol–water partition coefficient (Wildman–Crippen LogP) is 1.06. The Bertz CT molecular complexity index is 345. The predicted molar refractivity (Wildman–Crippen MR) is 72.4 cm³/mol. The van der Waals surface area contributed by atoms with Crippen LogP contribution in [0, 0.1) is 5.92 Å². The van der Waals surface area contributed by atoms with Crippen LogP contribution in [-0.2, 0) is 10.2 Å². The lowest BCUT2D eigenvalue weighted by molar-refractivity contribution is 0.122. The smallest absolute Gasteiger partial charge is 0.281 e. The van der Waals surface area contributed by atoms with Crippen LogP contribution in [0.25, 0.3) is 0 Å². The zero-order valence-electron chi connectivity index (χ0n) is 11.7. The molecule has 2 unspecified atom stereocenters. The largest absolute Gasteiger partial charge is 0.393 e. The van der Waals surface area contributed by atoms with Gasteiger partial charge in [0.25, 0.3) is 10.2 Å². The van der Waals surface area contributed by atoms with E-state index < -0.39 is 10.2 Å². The first-order valence-electron chi connectivity index (χ1n) is 6.75. The van der Waals surface area contributed by atoms with Crippen molar-refractivity contribution in [2.75, 3.05) is 27.2 Å². The molecule has 0 aromatic heterocycles. The van der Waals surface area contributed by atoms with Crippen LogP contribution in [0.4, 0.5) is 0 Å². The average molecular weight is 278 g/mol. The zero-order chi connectivity index (χ0) is 13.8. The lowest BCUT2D eigenvalue weighted by Gasteiger charge is -2.27. The Balaban J connectivity index is 2.55. The van der Waals surface area contributed by atoms with E-state index >= 15 is 0 Å². The van der Waals surface area contributed by atoms with Crippen molar-refractivity contribution in [3.05, 3.63) is 0 Å². The monoisotopic (exact) mass is 278 g/mol. The summed E-state index contributed by atoms with van der Waals surface area (Å²) in [6, 6.07) is 0. The van der Waals surface area contributed by atoms with Crippen LogP contribution in [0.2, 0.25) is 0 Å². The molecule has 1 aliphatic rings. The summed E-state index contributed by atoms with van der Waals surface area (Å²) in [4.78, 5) is 0. The van der Waals surface area contributed by atoms with Gasteiger partial charge in [-0.05, 0) is 25.2 Å². The number of nitrogens with zero attached hydrogens (tertiary/aromatic N) is 2. The van der Waals surface area contributed by atoms with Crippen molar-refractivity contribution >= 4 is 10.2 Å². The van der Waals surface area contributed by atoms with Crippen LogP contribution in [0.5, 0.6) is 0 Å². The van der Waals surface area contributed by atoms with E-state index in [1.807, 2.05) is 6.92 Å². The van der Waals surface area contributed by atoms with Crippen LogP contribution in [-0.4, -0.2) is 55.4 Å². The molecular formula is C12H26N2O3S. The van der Waals surface area contributed by atoms with Gasteiger partial charge in [-0.2, -0.15) is 17.0 Å². The summed E-state index contributed by atoms with van der Waals surface area (Å²) in [6.45, 7) is 3.01. The van der Waals surface area contributed by atoms with E-state index in [1.54, 1.807) is 14.1 Å². The Morgan fingerprint density at radius 2 is 1.89 bits per heavy atom. The fraction of sp³-hybridized carbons (Fsp3) is 1.00. The Morgan fingerprint density at radius 3 is 2.39 bits per heavy atom. The minimum absolute atomic E-state index is 0.0874. The highest BCUT2D eigenvalue weighted by Crippen LogP contribution is 2.26. The molecule has 6 heteroatoms. The maximum Gasteiger partial charge on any atom is 0.281 e. The molecule has 1 aliphatic carbocycles. The summed E-state index contributed by atoms with van der Waals surface area (Å²) in [7, 11) is -0.149. The summed E-state index contributed by atoms with van der Waals surface area (Å²) < 4.78 is 27.2. The molecule has 0 spiro atoms. The molecule has 0 aromatic rings. The Kier molecular flexibility index (Phi) is 6.04. The van der Waals surface area contributed by atoms with E-state index in [2.05, 4.69) is 0 Å². The molecule has 1 fully saturated rings. The summed E-state index contributed by atoms with van der Waals surface area (Å²) in [6.07, 6.45) is 4.21. The van der Waals surface area contributed by atoms with Crippen molar-refractivity contribution in [2.24, 2.45) is 5.92 Å². The minimum atomic E-state index is -3.37. The molecule has 5 nitrogen and oxygen atoms in total. The van der Waals surface area contributed by atoms with Crippen LogP contribution >= 0.6 is 0 Å². The van der Waals surface area contributed by atoms with Gasteiger partial charge in [-0.15, -0.1) is 0 Å². The first-order chi connectivity index (χ1) is 8.39. The maximum absolute atomic E-state index is 12.2. The summed E-state index contributed by atoms with van der Waals surface area (Å²) in [5.41, 5.74) is 0. The van der Waals surface area contributed by atoms with Gasteiger partial charge in [-0.25, -0.2) is 0 Å². The fourth-order valence-electron chi connectivity index (χ4n) is 2.39. The molecule has 108 valence electrons. The first-order valence-corrected chi connectivity index (χ1v) is 8.15. The third kappa shape index (κ3) is 3.91. The van der Waals surface area contributed by atoms with E-state index in [9.17, 15) is 13.5 Å². The van der Waals surface area contributed by atoms with Crippen molar-refractivity contribution < 1.29 is 13.5 Å². The lowest BCUT2D eigenvalue weighted by Crippen LogP contribution is -2.43. The molecule has 0 aliphatic heterocycles. The minimum Gasteiger partial charge on any atom is -0.393 e. The zero-order valence-corrected chi connectivity index (χ0v) is 12.5. The van der Waals surface area contributed by atoms with E-state index in [0.29, 0.717) is 13.1 Å². The van der Waals surface area contributed by atoms with Crippen LogP contribution in [0.1, 0.15) is 39.0 Å². The van der Waals surface area contributed by atoms with Gasteiger partial charge in [0.05, 0.1) is 6.10 Å². The van der Waals surface area contributed by atoms with Gasteiger partial charge in [0, 0.05) is 27.2 Å². The molecule has 0 amide bonds. The number of aliphatic hydroxyl groups excluding tert-OH is 1. The van der Waals surface area contributed by atoms with Gasteiger partial charge in [0.2, 0.25) is 0 Å². The van der Waals surface area contributed by atoms with Crippen molar-refractivity contribution in [3.8, 4) is 0 Å². The molecule has 0 heterocycles. The molecular weight excluding hydrogens is 252 g/mol. The van der Waals surface area contributed by atoms with Gasteiger partial charge in [0.15, 0.2) is 0 Å². The standard InChI is InChI=1S/C12H26N2O3S/c1-4-5-9-13(2)18(16,17)14(3)10-11-7-6-8-12(11)15/h11-12,15H,4-10H2,1-3H3. The highest BCUT2D eigenvalue weighted by molar-refractivity contribution is 7.86. The second kappa shape index (κ2) is 6.84. The van der Waals surface area contributed by atoms with Gasteiger partial charge >= 0.3 is 0 Å². The number of hydrogen-bond acceptors (Lipinski definition) is 3. The molecule has 1 saturated carbocycles. The van der Waals surface area contributed by atoms with E-state index in [-0.39, 0.29) is 12.0 Å². The average Bonchev–Trinajstić information content (AvgIpc) is 2.71. The summed E-state index contributed by atoms with van der Waals surface area (Å²) in [5.74, 6) is 0.0874. The lowest BCUT2D eigenvalue weighted by atomic mass is 10.1. The Labute approximate surface area is 111 Å². The van der Waals surface area contributed by atoms with Crippen molar-refractivity contribution in [3.63, 3.8) is 0 Å². The van der Waals surface area contributed by atoms with Crippen molar-refractivity contribution in [2.45, 2.75) is 45.1 Å². The van der Waals surface area contributed by atoms with Gasteiger partial charge < -0.3 is 5.11 Å². The molecule has 0 saturated heterocycles. The number of hydrogen-bond donors (Lipinski definition) is 1. The van der Waals surface area contributed by atoms with E-state index in [0.717, 1.165) is 32.1 Å². The highest BCUT2D eigenvalue weighted by Gasteiger charge is 2.31. The number of unbranched alkanes of at least 4 members (excludes halogenated alkanes) is 1. The third-order valence-corrected chi connectivity index (χ3v) is 5.63. The van der Waals surface area contributed by atoms with E-state index in [1.165, 1.54) is 8.61 Å². The normalized spacial score (nSPS) is 25.2. The second-order valence-corrected chi connectivity index (χ2v) is 7.36. The van der Waals surface area contributed by atoms with E-state index in [4.69, 9.17) is 0 Å². The molecule has 1 N–H and O–H groups in total. The molecule has 1 rings (SSSR count). The number of aliphatic hydroxyl groups is 1.